The fraction of sp³-hybridized carbons (Fsp3) is 0.345. The molecule has 0 aliphatic heterocycles. The molecule has 3 aromatic carbocycles. The lowest BCUT2D eigenvalue weighted by Crippen LogP contribution is -2.25. The van der Waals surface area contributed by atoms with Gasteiger partial charge in [-0.1, -0.05) is 42.5 Å². The van der Waals surface area contributed by atoms with Crippen LogP contribution in [0.15, 0.2) is 72.8 Å². The minimum Gasteiger partial charge on any atom is -0.496 e. The van der Waals surface area contributed by atoms with E-state index < -0.39 is 0 Å². The zero-order chi connectivity index (χ0) is 24.5. The lowest BCUT2D eigenvalue weighted by Gasteiger charge is -2.21. The summed E-state index contributed by atoms with van der Waals surface area (Å²) < 4.78 is 17.1. The third-order valence-electron chi connectivity index (χ3n) is 5.34. The molecule has 0 unspecified atom stereocenters. The minimum atomic E-state index is -0.147. The summed E-state index contributed by atoms with van der Waals surface area (Å²) in [6.45, 7) is 8.45. The third-order valence-corrected chi connectivity index (χ3v) is 5.34. The van der Waals surface area contributed by atoms with E-state index in [9.17, 15) is 4.79 Å². The van der Waals surface area contributed by atoms with E-state index >= 15 is 0 Å². The van der Waals surface area contributed by atoms with Gasteiger partial charge in [-0.15, -0.1) is 0 Å². The largest absolute Gasteiger partial charge is 0.496 e. The Bertz CT molecular complexity index is 1040. The van der Waals surface area contributed by atoms with Gasteiger partial charge in [0.15, 0.2) is 0 Å². The highest BCUT2D eigenvalue weighted by molar-refractivity contribution is 5.77. The maximum absolute atomic E-state index is 13.0. The van der Waals surface area contributed by atoms with E-state index in [1.807, 2.05) is 100 Å². The molecule has 0 fully saturated rings. The van der Waals surface area contributed by atoms with Crippen LogP contribution in [0.25, 0.3) is 0 Å². The van der Waals surface area contributed by atoms with E-state index in [4.69, 9.17) is 14.2 Å². The zero-order valence-corrected chi connectivity index (χ0v) is 20.7. The van der Waals surface area contributed by atoms with Crippen LogP contribution in [-0.2, 0) is 11.3 Å². The van der Waals surface area contributed by atoms with Crippen molar-refractivity contribution in [2.45, 2.75) is 58.8 Å². The molecule has 1 N–H and O–H groups in total. The molecule has 0 spiro atoms. The standard InChI is InChI=1S/C29H35NO4/c1-20(2)33-24-14-10-22(11-15-24)19-30-29(31)18-27(26-8-6-7-9-28(26)32-5)23-12-16-25(17-13-23)34-21(3)4/h6-17,20-21,27H,18-19H2,1-5H3,(H,30,31)/t27-/m1/s1. The number of carbonyl (C=O) groups is 1. The van der Waals surface area contributed by atoms with Gasteiger partial charge in [0.2, 0.25) is 5.91 Å². The van der Waals surface area contributed by atoms with Crippen LogP contribution in [0.2, 0.25) is 0 Å². The Morgan fingerprint density at radius 1 is 0.794 bits per heavy atom. The van der Waals surface area contributed by atoms with Crippen molar-refractivity contribution in [2.75, 3.05) is 7.11 Å². The van der Waals surface area contributed by atoms with Gasteiger partial charge in [0.05, 0.1) is 19.3 Å². The number of methoxy groups -OCH3 is 1. The molecule has 0 aromatic heterocycles. The smallest absolute Gasteiger partial charge is 0.221 e. The lowest BCUT2D eigenvalue weighted by atomic mass is 9.87. The second-order valence-corrected chi connectivity index (χ2v) is 8.82. The highest BCUT2D eigenvalue weighted by atomic mass is 16.5. The van der Waals surface area contributed by atoms with Crippen LogP contribution in [0.3, 0.4) is 0 Å². The molecule has 3 aromatic rings. The Balaban J connectivity index is 1.74. The van der Waals surface area contributed by atoms with Gasteiger partial charge in [-0.25, -0.2) is 0 Å². The van der Waals surface area contributed by atoms with Gasteiger partial charge in [-0.3, -0.25) is 4.79 Å². The molecule has 0 radical (unpaired) electrons. The molecular weight excluding hydrogens is 426 g/mol. The molecule has 0 aliphatic rings. The topological polar surface area (TPSA) is 56.8 Å². The molecule has 0 saturated heterocycles. The first-order valence-corrected chi connectivity index (χ1v) is 11.8. The minimum absolute atomic E-state index is 0.0269. The van der Waals surface area contributed by atoms with E-state index in [2.05, 4.69) is 5.32 Å². The number of amides is 1. The van der Waals surface area contributed by atoms with Crippen molar-refractivity contribution in [1.82, 2.24) is 5.32 Å². The van der Waals surface area contributed by atoms with Crippen LogP contribution in [-0.4, -0.2) is 25.2 Å². The third kappa shape index (κ3) is 7.27. The van der Waals surface area contributed by atoms with Gasteiger partial charge in [0.1, 0.15) is 17.2 Å². The van der Waals surface area contributed by atoms with E-state index in [0.717, 1.165) is 33.9 Å². The van der Waals surface area contributed by atoms with Crippen molar-refractivity contribution in [3.8, 4) is 17.2 Å². The number of rotatable bonds is 11. The van der Waals surface area contributed by atoms with E-state index in [0.29, 0.717) is 13.0 Å². The Morgan fingerprint density at radius 2 is 1.35 bits per heavy atom. The molecule has 34 heavy (non-hydrogen) atoms. The molecule has 5 nitrogen and oxygen atoms in total. The van der Waals surface area contributed by atoms with Crippen molar-refractivity contribution >= 4 is 5.91 Å². The molecular formula is C29H35NO4. The molecule has 0 bridgehead atoms. The average molecular weight is 462 g/mol. The Kier molecular flexibility index (Phi) is 8.97. The zero-order valence-electron chi connectivity index (χ0n) is 20.7. The molecule has 0 saturated carbocycles. The molecule has 0 heterocycles. The summed E-state index contributed by atoms with van der Waals surface area (Å²) in [5, 5.41) is 3.06. The number of hydrogen-bond donors (Lipinski definition) is 1. The lowest BCUT2D eigenvalue weighted by molar-refractivity contribution is -0.121. The summed E-state index contributed by atoms with van der Waals surface area (Å²) in [7, 11) is 1.65. The van der Waals surface area contributed by atoms with Crippen molar-refractivity contribution in [1.29, 1.82) is 0 Å². The first-order valence-electron chi connectivity index (χ1n) is 11.8. The number of ether oxygens (including phenoxy) is 3. The van der Waals surface area contributed by atoms with Gasteiger partial charge < -0.3 is 19.5 Å². The Labute approximate surface area is 203 Å². The summed E-state index contributed by atoms with van der Waals surface area (Å²) in [5.41, 5.74) is 3.03. The first-order chi connectivity index (χ1) is 16.4. The fourth-order valence-electron chi connectivity index (χ4n) is 3.83. The first kappa shape index (κ1) is 25.2. The van der Waals surface area contributed by atoms with E-state index in [1.54, 1.807) is 7.11 Å². The van der Waals surface area contributed by atoms with Gasteiger partial charge in [0.25, 0.3) is 0 Å². The predicted octanol–water partition coefficient (Wildman–Crippen LogP) is 6.11. The quantitative estimate of drug-likeness (QED) is 0.374. The van der Waals surface area contributed by atoms with Crippen LogP contribution in [0.4, 0.5) is 0 Å². The number of nitrogens with one attached hydrogen (secondary N) is 1. The normalized spacial score (nSPS) is 11.9. The van der Waals surface area contributed by atoms with Gasteiger partial charge in [-0.05, 0) is 69.2 Å². The number of para-hydroxylation sites is 1. The van der Waals surface area contributed by atoms with Crippen molar-refractivity contribution < 1.29 is 19.0 Å². The van der Waals surface area contributed by atoms with Crippen molar-refractivity contribution in [3.05, 3.63) is 89.5 Å². The molecule has 0 aliphatic carbocycles. The second kappa shape index (κ2) is 12.1. The van der Waals surface area contributed by atoms with Gasteiger partial charge >= 0.3 is 0 Å². The van der Waals surface area contributed by atoms with Crippen molar-refractivity contribution in [3.63, 3.8) is 0 Å². The van der Waals surface area contributed by atoms with E-state index in [-0.39, 0.29) is 24.0 Å². The maximum Gasteiger partial charge on any atom is 0.221 e. The Morgan fingerprint density at radius 3 is 1.91 bits per heavy atom. The predicted molar refractivity (Wildman–Crippen MR) is 136 cm³/mol. The number of hydrogen-bond acceptors (Lipinski definition) is 4. The maximum atomic E-state index is 13.0. The molecule has 5 heteroatoms. The highest BCUT2D eigenvalue weighted by Gasteiger charge is 2.21. The fourth-order valence-corrected chi connectivity index (χ4v) is 3.83. The van der Waals surface area contributed by atoms with Crippen LogP contribution in [0.5, 0.6) is 17.2 Å². The summed E-state index contributed by atoms with van der Waals surface area (Å²) >= 11 is 0. The molecule has 1 amide bonds. The molecule has 3 rings (SSSR count). The van der Waals surface area contributed by atoms with Crippen LogP contribution in [0.1, 0.15) is 56.7 Å². The van der Waals surface area contributed by atoms with Gasteiger partial charge in [0, 0.05) is 24.4 Å². The second-order valence-electron chi connectivity index (χ2n) is 8.82. The van der Waals surface area contributed by atoms with Crippen molar-refractivity contribution in [2.24, 2.45) is 0 Å². The summed E-state index contributed by atoms with van der Waals surface area (Å²) in [6, 6.07) is 23.6. The number of carbonyl (C=O) groups excluding carboxylic acids is 1. The summed E-state index contributed by atoms with van der Waals surface area (Å²) in [4.78, 5) is 13.0. The summed E-state index contributed by atoms with van der Waals surface area (Å²) in [6.07, 6.45) is 0.537. The van der Waals surface area contributed by atoms with Gasteiger partial charge in [-0.2, -0.15) is 0 Å². The Hall–Kier alpha value is -3.47. The molecule has 180 valence electrons. The van der Waals surface area contributed by atoms with Crippen LogP contribution < -0.4 is 19.5 Å². The molecule has 1 atom stereocenters. The average Bonchev–Trinajstić information content (AvgIpc) is 2.82. The highest BCUT2D eigenvalue weighted by Crippen LogP contribution is 2.35. The SMILES string of the molecule is COc1ccccc1[C@H](CC(=O)NCc1ccc(OC(C)C)cc1)c1ccc(OC(C)C)cc1. The van der Waals surface area contributed by atoms with E-state index in [1.165, 1.54) is 0 Å². The monoisotopic (exact) mass is 461 g/mol. The van der Waals surface area contributed by atoms with Crippen LogP contribution >= 0.6 is 0 Å². The summed E-state index contributed by atoms with van der Waals surface area (Å²) in [5.74, 6) is 2.23. The number of benzene rings is 3. The van der Waals surface area contributed by atoms with Crippen LogP contribution in [0, 0.1) is 0 Å².